The van der Waals surface area contributed by atoms with Gasteiger partial charge < -0.3 is 19.7 Å². The lowest BCUT2D eigenvalue weighted by Crippen LogP contribution is -2.82. The lowest BCUT2D eigenvalue weighted by atomic mass is 9.68. The van der Waals surface area contributed by atoms with Crippen molar-refractivity contribution in [2.24, 2.45) is 11.8 Å². The number of methoxy groups -OCH3 is 1. The Balaban J connectivity index is 1.31. The minimum Gasteiger partial charge on any atom is -0.496 e. The Bertz CT molecular complexity index is 1070. The molecule has 2 saturated heterocycles. The van der Waals surface area contributed by atoms with E-state index in [9.17, 15) is 4.79 Å². The Morgan fingerprint density at radius 1 is 1.06 bits per heavy atom. The Kier molecular flexibility index (Phi) is 6.78. The number of nitrogens with zero attached hydrogens (tertiary/aromatic N) is 1. The van der Waals surface area contributed by atoms with Crippen LogP contribution in [0.5, 0.6) is 5.75 Å². The van der Waals surface area contributed by atoms with Crippen LogP contribution in [0.25, 0.3) is 0 Å². The van der Waals surface area contributed by atoms with Crippen LogP contribution in [-0.4, -0.2) is 50.2 Å². The zero-order valence-corrected chi connectivity index (χ0v) is 21.7. The highest BCUT2D eigenvalue weighted by Gasteiger charge is 2.56. The lowest BCUT2D eigenvalue weighted by Gasteiger charge is -2.47. The van der Waals surface area contributed by atoms with Gasteiger partial charge in [-0.25, -0.2) is 0 Å². The number of carbonyl (C=O) groups is 1. The molecule has 0 aromatic heterocycles. The maximum atomic E-state index is 14.6. The first kappa shape index (κ1) is 24.0. The number of nitrogens with two attached hydrogens (primary N) is 1. The number of hydrogen-bond donors (Lipinski definition) is 1. The molecule has 0 bridgehead atoms. The number of amides is 1. The molecule has 3 fully saturated rings. The van der Waals surface area contributed by atoms with Crippen LogP contribution in [0, 0.1) is 11.8 Å². The van der Waals surface area contributed by atoms with Crippen LogP contribution in [0.1, 0.15) is 67.6 Å². The van der Waals surface area contributed by atoms with Gasteiger partial charge >= 0.3 is 0 Å². The third kappa shape index (κ3) is 4.14. The second-order valence-corrected chi connectivity index (χ2v) is 11.5. The molecule has 1 amide bonds. The summed E-state index contributed by atoms with van der Waals surface area (Å²) in [7, 11) is 1.73. The summed E-state index contributed by atoms with van der Waals surface area (Å²) in [6.45, 7) is 3.80. The van der Waals surface area contributed by atoms with Crippen LogP contribution in [0.15, 0.2) is 48.5 Å². The highest BCUT2D eigenvalue weighted by Crippen LogP contribution is 2.45. The molecule has 2 aromatic rings. The minimum absolute atomic E-state index is 0.0528. The van der Waals surface area contributed by atoms with Crippen LogP contribution in [0.4, 0.5) is 0 Å². The molecule has 6 rings (SSSR count). The Morgan fingerprint density at radius 2 is 1.89 bits per heavy atom. The second-order valence-electron chi connectivity index (χ2n) is 11.5. The number of ether oxygens (including phenoxy) is 2. The predicted molar refractivity (Wildman–Crippen MR) is 140 cm³/mol. The third-order valence-electron chi connectivity index (χ3n) is 9.76. The van der Waals surface area contributed by atoms with E-state index in [0.29, 0.717) is 37.0 Å². The van der Waals surface area contributed by atoms with Crippen molar-refractivity contribution >= 4 is 5.91 Å². The molecule has 36 heavy (non-hydrogen) atoms. The van der Waals surface area contributed by atoms with Crippen LogP contribution >= 0.6 is 0 Å². The Morgan fingerprint density at radius 3 is 2.69 bits per heavy atom. The molecule has 3 heterocycles. The number of benzene rings is 2. The fourth-order valence-corrected chi connectivity index (χ4v) is 7.92. The standard InChI is InChI=1S/C31H40N2O3/c1-35-29-14-8-13-26-25(29)19-36-21-31(26)20-32-18-27(31)30(34)33-16-15-24(22-9-4-2-5-10-22)17-28(33)23-11-6-3-7-12-23/h2,4-5,8-10,13-14,23-24,27-28,32H,3,6-7,11-12,15-21H2,1H3/p+1/t24?,27-,28-,31+/m0/s1. The smallest absolute Gasteiger partial charge is 0.232 e. The summed E-state index contributed by atoms with van der Waals surface area (Å²) in [5.41, 5.74) is 3.57. The van der Waals surface area contributed by atoms with Gasteiger partial charge in [-0.3, -0.25) is 4.79 Å². The molecule has 0 radical (unpaired) electrons. The van der Waals surface area contributed by atoms with Crippen molar-refractivity contribution in [1.29, 1.82) is 0 Å². The quantitative estimate of drug-likeness (QED) is 0.706. The molecule has 1 unspecified atom stereocenters. The van der Waals surface area contributed by atoms with Crippen molar-refractivity contribution in [3.63, 3.8) is 0 Å². The fraction of sp³-hybridized carbons (Fsp3) is 0.581. The molecule has 2 N–H and O–H groups in total. The molecule has 1 saturated carbocycles. The predicted octanol–water partition coefficient (Wildman–Crippen LogP) is 4.01. The second kappa shape index (κ2) is 10.2. The molecule has 1 aliphatic carbocycles. The number of hydrogen-bond acceptors (Lipinski definition) is 3. The Hall–Kier alpha value is -2.37. The van der Waals surface area contributed by atoms with Gasteiger partial charge in [-0.2, -0.15) is 0 Å². The van der Waals surface area contributed by atoms with Crippen molar-refractivity contribution in [2.45, 2.75) is 68.9 Å². The average Bonchev–Trinajstić information content (AvgIpc) is 3.37. The number of piperidine rings is 1. The summed E-state index contributed by atoms with van der Waals surface area (Å²) in [5, 5.41) is 2.34. The monoisotopic (exact) mass is 489 g/mol. The van der Waals surface area contributed by atoms with Crippen molar-refractivity contribution in [1.82, 2.24) is 4.90 Å². The van der Waals surface area contributed by atoms with Gasteiger partial charge in [-0.15, -0.1) is 0 Å². The van der Waals surface area contributed by atoms with Gasteiger partial charge in [0.15, 0.2) is 0 Å². The molecule has 5 nitrogen and oxygen atoms in total. The molecule has 4 atom stereocenters. The third-order valence-corrected chi connectivity index (χ3v) is 9.76. The molecular weight excluding hydrogens is 448 g/mol. The van der Waals surface area contributed by atoms with E-state index >= 15 is 0 Å². The number of quaternary nitrogens is 1. The molecule has 4 aliphatic rings. The van der Waals surface area contributed by atoms with Gasteiger partial charge in [0.1, 0.15) is 11.7 Å². The van der Waals surface area contributed by atoms with Gasteiger partial charge in [0.2, 0.25) is 5.91 Å². The number of fused-ring (bicyclic) bond motifs is 2. The first-order chi connectivity index (χ1) is 17.7. The van der Waals surface area contributed by atoms with Crippen LogP contribution in [0.2, 0.25) is 0 Å². The molecule has 3 aliphatic heterocycles. The molecular formula is C31H41N2O3+. The van der Waals surface area contributed by atoms with Gasteiger partial charge in [-0.1, -0.05) is 61.7 Å². The van der Waals surface area contributed by atoms with Crippen molar-refractivity contribution in [3.8, 4) is 5.75 Å². The number of carbonyl (C=O) groups excluding carboxylic acids is 1. The summed E-state index contributed by atoms with van der Waals surface area (Å²) >= 11 is 0. The van der Waals surface area contributed by atoms with E-state index in [1.807, 2.05) is 6.07 Å². The first-order valence-corrected chi connectivity index (χ1v) is 14.1. The largest absolute Gasteiger partial charge is 0.496 e. The van der Waals surface area contributed by atoms with Crippen LogP contribution in [0.3, 0.4) is 0 Å². The maximum absolute atomic E-state index is 14.6. The highest BCUT2D eigenvalue weighted by molar-refractivity contribution is 5.82. The topological polar surface area (TPSA) is 55.4 Å². The minimum atomic E-state index is -0.271. The summed E-state index contributed by atoms with van der Waals surface area (Å²) in [5.74, 6) is 2.38. The van der Waals surface area contributed by atoms with E-state index in [-0.39, 0.29) is 11.3 Å². The average molecular weight is 490 g/mol. The SMILES string of the molecule is COc1cccc2c1COC[C@]21C[NH2+]C[C@H]1C(=O)N1CCC(c2ccccc2)C[C@H]1C1CCCCC1. The van der Waals surface area contributed by atoms with Crippen LogP contribution in [-0.2, 0) is 21.6 Å². The molecule has 5 heteroatoms. The van der Waals surface area contributed by atoms with Crippen LogP contribution < -0.4 is 10.1 Å². The van der Waals surface area contributed by atoms with Gasteiger partial charge in [0, 0.05) is 18.2 Å². The summed E-state index contributed by atoms with van der Waals surface area (Å²) < 4.78 is 11.9. The zero-order chi connectivity index (χ0) is 24.5. The van der Waals surface area contributed by atoms with E-state index in [1.165, 1.54) is 43.2 Å². The number of rotatable bonds is 4. The summed E-state index contributed by atoms with van der Waals surface area (Å²) in [4.78, 5) is 16.9. The van der Waals surface area contributed by atoms with E-state index in [1.54, 1.807) is 7.11 Å². The van der Waals surface area contributed by atoms with E-state index in [0.717, 1.165) is 43.8 Å². The van der Waals surface area contributed by atoms with Gasteiger partial charge in [0.05, 0.1) is 38.8 Å². The Labute approximate surface area is 215 Å². The van der Waals surface area contributed by atoms with E-state index in [2.05, 4.69) is 52.7 Å². The molecule has 192 valence electrons. The van der Waals surface area contributed by atoms with Gasteiger partial charge in [-0.05, 0) is 54.7 Å². The first-order valence-electron chi connectivity index (χ1n) is 14.1. The molecule has 2 aromatic carbocycles. The normalized spacial score (nSPS) is 30.8. The molecule has 1 spiro atoms. The fourth-order valence-electron chi connectivity index (χ4n) is 7.92. The van der Waals surface area contributed by atoms with Crippen molar-refractivity contribution in [2.75, 3.05) is 33.4 Å². The van der Waals surface area contributed by atoms with E-state index < -0.39 is 0 Å². The lowest BCUT2D eigenvalue weighted by molar-refractivity contribution is -0.640. The highest BCUT2D eigenvalue weighted by atomic mass is 16.5. The summed E-state index contributed by atoms with van der Waals surface area (Å²) in [6.07, 6.45) is 8.65. The maximum Gasteiger partial charge on any atom is 0.232 e. The summed E-state index contributed by atoms with van der Waals surface area (Å²) in [6, 6.07) is 17.7. The van der Waals surface area contributed by atoms with E-state index in [4.69, 9.17) is 9.47 Å². The van der Waals surface area contributed by atoms with Crippen molar-refractivity contribution in [3.05, 3.63) is 65.2 Å². The van der Waals surface area contributed by atoms with Crippen molar-refractivity contribution < 1.29 is 19.6 Å². The number of likely N-dealkylation sites (tertiary alicyclic amines) is 1. The zero-order valence-electron chi connectivity index (χ0n) is 21.7. The van der Waals surface area contributed by atoms with Gasteiger partial charge in [0.25, 0.3) is 0 Å².